The highest BCUT2D eigenvalue weighted by Crippen LogP contribution is 2.18. The van der Waals surface area contributed by atoms with E-state index >= 15 is 0 Å². The number of hydrogen-bond acceptors (Lipinski definition) is 3. The number of carbonyl (C=O) groups is 1. The minimum atomic E-state index is -0.559. The van der Waals surface area contributed by atoms with Crippen LogP contribution in [0.25, 0.3) is 0 Å². The van der Waals surface area contributed by atoms with Crippen LogP contribution in [0.2, 0.25) is 0 Å². The summed E-state index contributed by atoms with van der Waals surface area (Å²) >= 11 is 0. The molecule has 0 fully saturated rings. The van der Waals surface area contributed by atoms with Crippen molar-refractivity contribution in [2.45, 2.75) is 26.4 Å². The Hall–Kier alpha value is -2.14. The molecule has 2 rings (SSSR count). The maximum absolute atomic E-state index is 12.3. The molecule has 1 amide bonds. The van der Waals surface area contributed by atoms with Crippen LogP contribution in [0.3, 0.4) is 0 Å². The number of aryl methyl sites for hydroxylation is 2. The molecular weight excluding hydrogens is 254 g/mol. The number of hydrogen-bond donors (Lipinski definition) is 2. The number of aliphatic hydroxyl groups is 1. The molecule has 20 heavy (non-hydrogen) atoms. The quantitative estimate of drug-likeness (QED) is 0.898. The van der Waals surface area contributed by atoms with Gasteiger partial charge in [-0.25, -0.2) is 0 Å². The molecule has 0 bridgehead atoms. The molecular formula is C15H19N3O2. The molecule has 1 unspecified atom stereocenters. The zero-order valence-corrected chi connectivity index (χ0v) is 11.9. The monoisotopic (exact) mass is 273 g/mol. The summed E-state index contributed by atoms with van der Waals surface area (Å²) in [5.41, 5.74) is 2.79. The predicted octanol–water partition coefficient (Wildman–Crippen LogP) is 2.29. The normalized spacial score (nSPS) is 12.2. The standard InChI is InChI=1S/C15H19N3O2/c1-4-14-13(9-18(3)17-14)15(20)16-12-7-5-6-11(8-12)10(2)19/h5-10,19H,4H2,1-3H3,(H,16,20). The SMILES string of the molecule is CCc1nn(C)cc1C(=O)Nc1cccc(C(C)O)c1. The van der Waals surface area contributed by atoms with E-state index < -0.39 is 6.10 Å². The Morgan fingerprint density at radius 2 is 2.25 bits per heavy atom. The van der Waals surface area contributed by atoms with Gasteiger partial charge < -0.3 is 10.4 Å². The Labute approximate surface area is 118 Å². The Bertz CT molecular complexity index is 617. The molecule has 0 aliphatic rings. The first kappa shape index (κ1) is 14.3. The number of nitrogens with zero attached hydrogens (tertiary/aromatic N) is 2. The van der Waals surface area contributed by atoms with Crippen LogP contribution in [0.4, 0.5) is 5.69 Å². The highest BCUT2D eigenvalue weighted by atomic mass is 16.3. The van der Waals surface area contributed by atoms with Gasteiger partial charge in [0.2, 0.25) is 0 Å². The van der Waals surface area contributed by atoms with Gasteiger partial charge in [0.1, 0.15) is 0 Å². The number of amides is 1. The summed E-state index contributed by atoms with van der Waals surface area (Å²) in [5.74, 6) is -0.183. The minimum absolute atomic E-state index is 0.183. The largest absolute Gasteiger partial charge is 0.389 e. The molecule has 0 radical (unpaired) electrons. The maximum Gasteiger partial charge on any atom is 0.259 e. The molecule has 5 heteroatoms. The molecule has 1 atom stereocenters. The van der Waals surface area contributed by atoms with Crippen LogP contribution >= 0.6 is 0 Å². The van der Waals surface area contributed by atoms with Crippen LogP contribution in [0.15, 0.2) is 30.5 Å². The number of aromatic nitrogens is 2. The lowest BCUT2D eigenvalue weighted by molar-refractivity contribution is 0.102. The molecule has 1 aromatic heterocycles. The Balaban J connectivity index is 2.21. The summed E-state index contributed by atoms with van der Waals surface area (Å²) in [6, 6.07) is 7.19. The van der Waals surface area contributed by atoms with E-state index in [4.69, 9.17) is 0 Å². The zero-order valence-electron chi connectivity index (χ0n) is 11.9. The van der Waals surface area contributed by atoms with E-state index in [1.165, 1.54) is 0 Å². The molecule has 2 N–H and O–H groups in total. The van der Waals surface area contributed by atoms with E-state index in [1.54, 1.807) is 37.0 Å². The van der Waals surface area contributed by atoms with Crippen molar-refractivity contribution in [3.05, 3.63) is 47.3 Å². The first-order valence-electron chi connectivity index (χ1n) is 6.63. The van der Waals surface area contributed by atoms with Gasteiger partial charge in [-0.05, 0) is 31.0 Å². The van der Waals surface area contributed by atoms with Crippen LogP contribution in [0.5, 0.6) is 0 Å². The molecule has 5 nitrogen and oxygen atoms in total. The topological polar surface area (TPSA) is 67.2 Å². The van der Waals surface area contributed by atoms with Gasteiger partial charge in [0.05, 0.1) is 17.4 Å². The smallest absolute Gasteiger partial charge is 0.259 e. The van der Waals surface area contributed by atoms with Crippen molar-refractivity contribution < 1.29 is 9.90 Å². The summed E-state index contributed by atoms with van der Waals surface area (Å²) in [6.45, 7) is 3.66. The lowest BCUT2D eigenvalue weighted by atomic mass is 10.1. The highest BCUT2D eigenvalue weighted by molar-refractivity contribution is 6.04. The molecule has 0 aliphatic heterocycles. The van der Waals surface area contributed by atoms with Gasteiger partial charge in [-0.1, -0.05) is 19.1 Å². The van der Waals surface area contributed by atoms with Gasteiger partial charge in [-0.3, -0.25) is 9.48 Å². The second-order valence-electron chi connectivity index (χ2n) is 4.77. The number of rotatable bonds is 4. The molecule has 106 valence electrons. The summed E-state index contributed by atoms with van der Waals surface area (Å²) in [4.78, 5) is 12.3. The van der Waals surface area contributed by atoms with E-state index in [-0.39, 0.29) is 5.91 Å². The number of carbonyl (C=O) groups excluding carboxylic acids is 1. The molecule has 0 aliphatic carbocycles. The number of anilines is 1. The fraction of sp³-hybridized carbons (Fsp3) is 0.333. The maximum atomic E-state index is 12.3. The Morgan fingerprint density at radius 3 is 2.90 bits per heavy atom. The van der Waals surface area contributed by atoms with Crippen LogP contribution in [-0.4, -0.2) is 20.8 Å². The van der Waals surface area contributed by atoms with Gasteiger partial charge >= 0.3 is 0 Å². The first-order valence-corrected chi connectivity index (χ1v) is 6.63. The fourth-order valence-electron chi connectivity index (χ4n) is 2.06. The number of aliphatic hydroxyl groups excluding tert-OH is 1. The zero-order chi connectivity index (χ0) is 14.7. The summed E-state index contributed by atoms with van der Waals surface area (Å²) in [6.07, 6.45) is 1.86. The second kappa shape index (κ2) is 5.88. The van der Waals surface area contributed by atoms with E-state index in [1.807, 2.05) is 19.1 Å². The van der Waals surface area contributed by atoms with Crippen LogP contribution in [0, 0.1) is 0 Å². The van der Waals surface area contributed by atoms with E-state index in [2.05, 4.69) is 10.4 Å². The first-order chi connectivity index (χ1) is 9.51. The summed E-state index contributed by atoms with van der Waals surface area (Å²) in [5, 5.41) is 16.7. The van der Waals surface area contributed by atoms with E-state index in [0.717, 1.165) is 11.3 Å². The van der Waals surface area contributed by atoms with Crippen molar-refractivity contribution in [1.82, 2.24) is 9.78 Å². The molecule has 0 saturated carbocycles. The fourth-order valence-corrected chi connectivity index (χ4v) is 2.06. The third-order valence-electron chi connectivity index (χ3n) is 3.11. The van der Waals surface area contributed by atoms with E-state index in [9.17, 15) is 9.90 Å². The van der Waals surface area contributed by atoms with Crippen molar-refractivity contribution in [2.24, 2.45) is 7.05 Å². The molecule has 2 aromatic rings. The van der Waals surface area contributed by atoms with Gasteiger partial charge in [0.25, 0.3) is 5.91 Å². The minimum Gasteiger partial charge on any atom is -0.389 e. The molecule has 0 spiro atoms. The Morgan fingerprint density at radius 1 is 1.50 bits per heavy atom. The van der Waals surface area contributed by atoms with Crippen LogP contribution in [-0.2, 0) is 13.5 Å². The molecule has 1 heterocycles. The van der Waals surface area contributed by atoms with Crippen molar-refractivity contribution in [3.63, 3.8) is 0 Å². The number of benzene rings is 1. The van der Waals surface area contributed by atoms with Gasteiger partial charge in [-0.15, -0.1) is 0 Å². The van der Waals surface area contributed by atoms with Crippen molar-refractivity contribution >= 4 is 11.6 Å². The third-order valence-corrected chi connectivity index (χ3v) is 3.11. The Kier molecular flexibility index (Phi) is 4.20. The average molecular weight is 273 g/mol. The lowest BCUT2D eigenvalue weighted by Crippen LogP contribution is -2.13. The van der Waals surface area contributed by atoms with Crippen LogP contribution < -0.4 is 5.32 Å². The van der Waals surface area contributed by atoms with Crippen molar-refractivity contribution in [2.75, 3.05) is 5.32 Å². The summed E-state index contributed by atoms with van der Waals surface area (Å²) in [7, 11) is 1.80. The lowest BCUT2D eigenvalue weighted by Gasteiger charge is -2.09. The number of nitrogens with one attached hydrogen (secondary N) is 1. The van der Waals surface area contributed by atoms with Gasteiger partial charge in [0, 0.05) is 18.9 Å². The van der Waals surface area contributed by atoms with Gasteiger partial charge in [0.15, 0.2) is 0 Å². The van der Waals surface area contributed by atoms with Gasteiger partial charge in [-0.2, -0.15) is 5.10 Å². The molecule has 0 saturated heterocycles. The third kappa shape index (κ3) is 3.05. The van der Waals surface area contributed by atoms with Crippen LogP contribution in [0.1, 0.15) is 41.6 Å². The average Bonchev–Trinajstić information content (AvgIpc) is 2.80. The second-order valence-corrected chi connectivity index (χ2v) is 4.77. The summed E-state index contributed by atoms with van der Waals surface area (Å²) < 4.78 is 1.64. The van der Waals surface area contributed by atoms with Crippen molar-refractivity contribution in [3.8, 4) is 0 Å². The van der Waals surface area contributed by atoms with Crippen molar-refractivity contribution in [1.29, 1.82) is 0 Å². The predicted molar refractivity (Wildman–Crippen MR) is 77.6 cm³/mol. The highest BCUT2D eigenvalue weighted by Gasteiger charge is 2.14. The van der Waals surface area contributed by atoms with E-state index in [0.29, 0.717) is 17.7 Å². The molecule has 1 aromatic carbocycles.